The van der Waals surface area contributed by atoms with Crippen molar-refractivity contribution >= 4 is 66.7 Å². The third kappa shape index (κ3) is 2.67. The van der Waals surface area contributed by atoms with Gasteiger partial charge in [0.05, 0.1) is 0 Å². The molecule has 118 valence electrons. The lowest BCUT2D eigenvalue weighted by molar-refractivity contribution is 0.478. The Labute approximate surface area is 168 Å². The molecule has 0 aromatic heterocycles. The molecule has 3 heteroatoms. The molecule has 0 atom stereocenters. The summed E-state index contributed by atoms with van der Waals surface area (Å²) in [6, 6.07) is 20.9. The molecule has 0 radical (unpaired) electrons. The molecule has 4 aromatic carbocycles. The second-order valence-corrected chi connectivity index (χ2v) is 8.44. The topological polar surface area (TPSA) is 20.2 Å². The normalized spacial score (nSPS) is 11.3. The zero-order chi connectivity index (χ0) is 16.8. The van der Waals surface area contributed by atoms with E-state index in [2.05, 4.69) is 101 Å². The Balaban J connectivity index is 2.17. The summed E-state index contributed by atoms with van der Waals surface area (Å²) in [6.45, 7) is 2.11. The summed E-state index contributed by atoms with van der Waals surface area (Å²) in [5.74, 6) is 0.331. The van der Waals surface area contributed by atoms with Gasteiger partial charge in [0.25, 0.3) is 0 Å². The third-order valence-electron chi connectivity index (χ3n) is 4.40. The summed E-state index contributed by atoms with van der Waals surface area (Å²) in [5.41, 5.74) is 3.21. The summed E-state index contributed by atoms with van der Waals surface area (Å²) in [7, 11) is 0. The number of halogens is 2. The summed E-state index contributed by atoms with van der Waals surface area (Å²) in [4.78, 5) is 0. The Hall–Kier alpha value is -1.34. The summed E-state index contributed by atoms with van der Waals surface area (Å²) in [6.07, 6.45) is 0. The maximum absolute atomic E-state index is 10.7. The van der Waals surface area contributed by atoms with Crippen LogP contribution in [0.25, 0.3) is 32.7 Å². The van der Waals surface area contributed by atoms with Crippen LogP contribution in [0.15, 0.2) is 60.7 Å². The van der Waals surface area contributed by atoms with E-state index in [1.807, 2.05) is 6.07 Å². The average Bonchev–Trinajstić information content (AvgIpc) is 2.56. The number of hydrogen-bond acceptors (Lipinski definition) is 1. The molecule has 1 N–H and O–H groups in total. The second-order valence-electron chi connectivity index (χ2n) is 5.95. The van der Waals surface area contributed by atoms with Gasteiger partial charge in [0.15, 0.2) is 0 Å². The number of benzene rings is 4. The minimum atomic E-state index is 0.331. The Bertz CT molecular complexity index is 1010. The van der Waals surface area contributed by atoms with Crippen LogP contribution in [-0.4, -0.2) is 5.11 Å². The molecule has 0 aliphatic heterocycles. The van der Waals surface area contributed by atoms with E-state index in [0.717, 1.165) is 21.9 Å². The highest BCUT2D eigenvalue weighted by molar-refractivity contribution is 14.1. The van der Waals surface area contributed by atoms with Gasteiger partial charge in [-0.15, -0.1) is 0 Å². The van der Waals surface area contributed by atoms with Crippen molar-refractivity contribution in [3.05, 3.63) is 73.4 Å². The molecule has 4 rings (SSSR count). The minimum Gasteiger partial charge on any atom is -0.507 e. The predicted octanol–water partition coefficient (Wildman–Crippen LogP) is 6.88. The van der Waals surface area contributed by atoms with Crippen LogP contribution in [0.4, 0.5) is 0 Å². The maximum atomic E-state index is 10.7. The van der Waals surface area contributed by atoms with Gasteiger partial charge in [0.1, 0.15) is 5.75 Å². The van der Waals surface area contributed by atoms with E-state index < -0.39 is 0 Å². The molecule has 0 unspecified atom stereocenters. The Kier molecular flexibility index (Phi) is 4.16. The van der Waals surface area contributed by atoms with Gasteiger partial charge in [-0.3, -0.25) is 0 Å². The van der Waals surface area contributed by atoms with Gasteiger partial charge in [-0.05, 0) is 115 Å². The first-order chi connectivity index (χ1) is 11.5. The molecular weight excluding hydrogens is 522 g/mol. The SMILES string of the molecule is Cc1ccc2cc(I)ccc2c1-c1c(O)ccc2cc(I)ccc12. The van der Waals surface area contributed by atoms with E-state index in [-0.39, 0.29) is 0 Å². The van der Waals surface area contributed by atoms with Crippen LogP contribution in [0.5, 0.6) is 5.75 Å². The standard InChI is InChI=1S/C21H14I2O/c1-12-2-3-13-10-15(22)5-7-17(13)20(12)21-18-8-6-16(23)11-14(18)4-9-19(21)24/h2-11,24H,1H3. The third-order valence-corrected chi connectivity index (χ3v) is 5.74. The van der Waals surface area contributed by atoms with Crippen LogP contribution in [0.1, 0.15) is 5.56 Å². The lowest BCUT2D eigenvalue weighted by Crippen LogP contribution is -1.90. The van der Waals surface area contributed by atoms with Crippen molar-refractivity contribution in [2.75, 3.05) is 0 Å². The minimum absolute atomic E-state index is 0.331. The molecule has 1 nitrogen and oxygen atoms in total. The van der Waals surface area contributed by atoms with Crippen molar-refractivity contribution < 1.29 is 5.11 Å². The summed E-state index contributed by atoms with van der Waals surface area (Å²) in [5, 5.41) is 15.3. The van der Waals surface area contributed by atoms with Gasteiger partial charge in [0, 0.05) is 12.7 Å². The monoisotopic (exact) mass is 536 g/mol. The van der Waals surface area contributed by atoms with Crippen LogP contribution in [0, 0.1) is 14.1 Å². The molecule has 0 saturated carbocycles. The molecule has 0 saturated heterocycles. The van der Waals surface area contributed by atoms with E-state index in [1.54, 1.807) is 6.07 Å². The molecule has 4 aromatic rings. The van der Waals surface area contributed by atoms with Crippen LogP contribution in [0.2, 0.25) is 0 Å². The molecule has 0 spiro atoms. The van der Waals surface area contributed by atoms with Crippen LogP contribution in [-0.2, 0) is 0 Å². The predicted molar refractivity (Wildman–Crippen MR) is 119 cm³/mol. The number of aromatic hydroxyl groups is 1. The Morgan fingerprint density at radius 2 is 1.21 bits per heavy atom. The lowest BCUT2D eigenvalue weighted by atomic mass is 9.90. The largest absolute Gasteiger partial charge is 0.507 e. The van der Waals surface area contributed by atoms with Crippen LogP contribution < -0.4 is 0 Å². The molecule has 0 heterocycles. The number of aryl methyl sites for hydroxylation is 1. The Morgan fingerprint density at radius 3 is 1.83 bits per heavy atom. The molecule has 0 fully saturated rings. The van der Waals surface area contributed by atoms with Crippen molar-refractivity contribution in [3.8, 4) is 16.9 Å². The number of rotatable bonds is 1. The van der Waals surface area contributed by atoms with Crippen molar-refractivity contribution in [1.82, 2.24) is 0 Å². The zero-order valence-electron chi connectivity index (χ0n) is 13.0. The van der Waals surface area contributed by atoms with Crippen LogP contribution >= 0.6 is 45.2 Å². The fraction of sp³-hybridized carbons (Fsp3) is 0.0476. The number of phenolic OH excluding ortho intramolecular Hbond substituents is 1. The quantitative estimate of drug-likeness (QED) is 0.263. The summed E-state index contributed by atoms with van der Waals surface area (Å²) >= 11 is 4.66. The molecule has 0 bridgehead atoms. The molecule has 24 heavy (non-hydrogen) atoms. The van der Waals surface area contributed by atoms with Gasteiger partial charge < -0.3 is 5.11 Å². The average molecular weight is 536 g/mol. The van der Waals surface area contributed by atoms with Gasteiger partial charge in [-0.2, -0.15) is 0 Å². The highest BCUT2D eigenvalue weighted by atomic mass is 127. The van der Waals surface area contributed by atoms with Crippen molar-refractivity contribution in [3.63, 3.8) is 0 Å². The van der Waals surface area contributed by atoms with Crippen molar-refractivity contribution in [2.45, 2.75) is 6.92 Å². The lowest BCUT2D eigenvalue weighted by Gasteiger charge is -2.15. The first kappa shape index (κ1) is 16.1. The fourth-order valence-corrected chi connectivity index (χ4v) is 4.32. The fourth-order valence-electron chi connectivity index (χ4n) is 3.29. The van der Waals surface area contributed by atoms with Crippen molar-refractivity contribution in [1.29, 1.82) is 0 Å². The van der Waals surface area contributed by atoms with E-state index in [9.17, 15) is 5.11 Å². The first-order valence-electron chi connectivity index (χ1n) is 7.65. The van der Waals surface area contributed by atoms with E-state index in [0.29, 0.717) is 5.75 Å². The van der Waals surface area contributed by atoms with Gasteiger partial charge in [-0.1, -0.05) is 30.3 Å². The molecular formula is C21H14I2O. The molecule has 0 amide bonds. The van der Waals surface area contributed by atoms with E-state index >= 15 is 0 Å². The van der Waals surface area contributed by atoms with E-state index in [1.165, 1.54) is 23.5 Å². The van der Waals surface area contributed by atoms with E-state index in [4.69, 9.17) is 0 Å². The smallest absolute Gasteiger partial charge is 0.124 e. The maximum Gasteiger partial charge on any atom is 0.124 e. The highest BCUT2D eigenvalue weighted by Gasteiger charge is 2.15. The van der Waals surface area contributed by atoms with Crippen molar-refractivity contribution in [2.24, 2.45) is 0 Å². The van der Waals surface area contributed by atoms with Gasteiger partial charge in [-0.25, -0.2) is 0 Å². The number of fused-ring (bicyclic) bond motifs is 2. The summed E-state index contributed by atoms with van der Waals surface area (Å²) < 4.78 is 2.41. The second kappa shape index (κ2) is 6.19. The Morgan fingerprint density at radius 1 is 0.667 bits per heavy atom. The number of phenols is 1. The molecule has 0 aliphatic rings. The zero-order valence-corrected chi connectivity index (χ0v) is 17.3. The highest BCUT2D eigenvalue weighted by Crippen LogP contribution is 2.42. The van der Waals surface area contributed by atoms with Gasteiger partial charge in [0.2, 0.25) is 0 Å². The van der Waals surface area contributed by atoms with Crippen LogP contribution in [0.3, 0.4) is 0 Å². The molecule has 0 aliphatic carbocycles. The van der Waals surface area contributed by atoms with Gasteiger partial charge >= 0.3 is 0 Å². The number of hydrogen-bond donors (Lipinski definition) is 1. The first-order valence-corrected chi connectivity index (χ1v) is 9.81.